The largest absolute Gasteiger partial charge is 0.380 e. The van der Waals surface area contributed by atoms with E-state index in [0.29, 0.717) is 6.61 Å². The van der Waals surface area contributed by atoms with Gasteiger partial charge in [0.1, 0.15) is 5.82 Å². The van der Waals surface area contributed by atoms with Crippen LogP contribution in [-0.2, 0) is 14.6 Å². The van der Waals surface area contributed by atoms with Crippen LogP contribution < -0.4 is 5.73 Å². The third kappa shape index (κ3) is 2.60. The molecule has 6 heteroatoms. The van der Waals surface area contributed by atoms with Gasteiger partial charge < -0.3 is 10.5 Å². The Morgan fingerprint density at radius 1 is 1.30 bits per heavy atom. The van der Waals surface area contributed by atoms with E-state index in [-0.39, 0.29) is 24.1 Å². The predicted octanol–water partition coefficient (Wildman–Crippen LogP) is 1.46. The lowest BCUT2D eigenvalue weighted by Gasteiger charge is -2.12. The van der Waals surface area contributed by atoms with Crippen molar-refractivity contribution in [2.24, 2.45) is 5.73 Å². The van der Waals surface area contributed by atoms with Crippen molar-refractivity contribution in [3.63, 3.8) is 0 Å². The van der Waals surface area contributed by atoms with E-state index in [2.05, 4.69) is 0 Å². The molecule has 0 aliphatic heterocycles. The zero-order chi connectivity index (χ0) is 15.0. The molecule has 0 heterocycles. The summed E-state index contributed by atoms with van der Waals surface area (Å²) in [5.41, 5.74) is 6.09. The summed E-state index contributed by atoms with van der Waals surface area (Å²) in [5, 5.41) is -0.656. The normalized spacial score (nSPS) is 29.4. The van der Waals surface area contributed by atoms with Gasteiger partial charge in [-0.25, -0.2) is 12.8 Å². The summed E-state index contributed by atoms with van der Waals surface area (Å²) < 4.78 is 42.7. The Morgan fingerprint density at radius 2 is 1.90 bits per heavy atom. The Hall–Kier alpha value is -0.980. The zero-order valence-corrected chi connectivity index (χ0v) is 12.5. The third-order valence-electron chi connectivity index (χ3n) is 3.88. The minimum absolute atomic E-state index is 0.0421. The minimum Gasteiger partial charge on any atom is -0.380 e. The quantitative estimate of drug-likeness (QED) is 0.863. The first-order valence-corrected chi connectivity index (χ1v) is 8.42. The van der Waals surface area contributed by atoms with Crippen molar-refractivity contribution in [3.05, 3.63) is 35.6 Å². The summed E-state index contributed by atoms with van der Waals surface area (Å²) >= 11 is 0. The highest BCUT2D eigenvalue weighted by Gasteiger charge is 2.68. The van der Waals surface area contributed by atoms with Crippen LogP contribution in [0.2, 0.25) is 0 Å². The van der Waals surface area contributed by atoms with E-state index in [4.69, 9.17) is 10.5 Å². The summed E-state index contributed by atoms with van der Waals surface area (Å²) in [6, 6.07) is 5.84. The molecule has 0 radical (unpaired) electrons. The van der Waals surface area contributed by atoms with E-state index >= 15 is 0 Å². The van der Waals surface area contributed by atoms with Gasteiger partial charge in [0.15, 0.2) is 9.84 Å². The highest BCUT2D eigenvalue weighted by Crippen LogP contribution is 2.54. The number of rotatable bonds is 6. The van der Waals surface area contributed by atoms with Crippen molar-refractivity contribution in [1.29, 1.82) is 0 Å². The Kier molecular flexibility index (Phi) is 4.18. The maximum absolute atomic E-state index is 13.0. The summed E-state index contributed by atoms with van der Waals surface area (Å²) in [4.78, 5) is 0. The molecular weight excluding hydrogens is 281 g/mol. The molecule has 0 saturated heterocycles. The number of hydrogen-bond donors (Lipinski definition) is 1. The molecule has 1 aromatic rings. The van der Waals surface area contributed by atoms with Gasteiger partial charge in [0.25, 0.3) is 0 Å². The van der Waals surface area contributed by atoms with E-state index in [1.807, 2.05) is 6.92 Å². The van der Waals surface area contributed by atoms with Crippen LogP contribution in [0, 0.1) is 5.82 Å². The van der Waals surface area contributed by atoms with Gasteiger partial charge in [-0.1, -0.05) is 19.1 Å². The Balaban J connectivity index is 2.32. The smallest absolute Gasteiger partial charge is 0.155 e. The van der Waals surface area contributed by atoms with Crippen LogP contribution >= 0.6 is 0 Å². The fourth-order valence-electron chi connectivity index (χ4n) is 2.75. The molecule has 0 bridgehead atoms. The number of halogens is 1. The standard InChI is InChI=1S/C14H20FNO3S/c1-3-19-9-14(16)12(13(14)20(17,18)4-2)10-5-7-11(15)8-6-10/h5-8,12-13H,3-4,9,16H2,1-2H3/t12-,13+,14+/m1/s1. The second-order valence-electron chi connectivity index (χ2n) is 5.15. The molecule has 0 unspecified atom stereocenters. The molecule has 2 N–H and O–H groups in total. The molecule has 0 amide bonds. The summed E-state index contributed by atoms with van der Waals surface area (Å²) in [6.07, 6.45) is 0. The third-order valence-corrected chi connectivity index (χ3v) is 6.17. The van der Waals surface area contributed by atoms with E-state index in [9.17, 15) is 12.8 Å². The number of nitrogens with two attached hydrogens (primary N) is 1. The van der Waals surface area contributed by atoms with Crippen LogP contribution in [0.15, 0.2) is 24.3 Å². The molecule has 20 heavy (non-hydrogen) atoms. The lowest BCUT2D eigenvalue weighted by Crippen LogP contribution is -2.36. The molecular formula is C14H20FNO3S. The molecule has 1 aliphatic carbocycles. The second-order valence-corrected chi connectivity index (χ2v) is 7.56. The van der Waals surface area contributed by atoms with E-state index in [1.54, 1.807) is 19.1 Å². The Bertz CT molecular complexity index is 573. The first-order chi connectivity index (χ1) is 9.36. The fraction of sp³-hybridized carbons (Fsp3) is 0.571. The van der Waals surface area contributed by atoms with Gasteiger partial charge in [-0.05, 0) is 24.6 Å². The van der Waals surface area contributed by atoms with Crippen molar-refractivity contribution in [1.82, 2.24) is 0 Å². The molecule has 1 saturated carbocycles. The van der Waals surface area contributed by atoms with Crippen LogP contribution in [0.1, 0.15) is 25.3 Å². The second kappa shape index (κ2) is 5.42. The molecule has 3 atom stereocenters. The van der Waals surface area contributed by atoms with Crippen molar-refractivity contribution >= 4 is 9.84 Å². The van der Waals surface area contributed by atoms with Gasteiger partial charge in [0, 0.05) is 18.3 Å². The lowest BCUT2D eigenvalue weighted by molar-refractivity contribution is 0.125. The topological polar surface area (TPSA) is 69.4 Å². The molecule has 1 fully saturated rings. The monoisotopic (exact) mass is 301 g/mol. The Morgan fingerprint density at radius 3 is 2.40 bits per heavy atom. The summed E-state index contributed by atoms with van der Waals surface area (Å²) in [7, 11) is -3.27. The average Bonchev–Trinajstić information content (AvgIpc) is 3.05. The molecule has 4 nitrogen and oxygen atoms in total. The highest BCUT2D eigenvalue weighted by atomic mass is 32.2. The van der Waals surface area contributed by atoms with Crippen molar-refractivity contribution in [2.45, 2.75) is 30.6 Å². The van der Waals surface area contributed by atoms with Crippen LogP contribution in [0.5, 0.6) is 0 Å². The number of benzene rings is 1. The van der Waals surface area contributed by atoms with E-state index in [0.717, 1.165) is 5.56 Å². The first kappa shape index (κ1) is 15.4. The maximum atomic E-state index is 13.0. The highest BCUT2D eigenvalue weighted by molar-refractivity contribution is 7.92. The fourth-order valence-corrected chi connectivity index (χ4v) is 4.74. The van der Waals surface area contributed by atoms with Gasteiger partial charge in [0.2, 0.25) is 0 Å². The predicted molar refractivity (Wildman–Crippen MR) is 75.8 cm³/mol. The molecule has 1 aromatic carbocycles. The van der Waals surface area contributed by atoms with Gasteiger partial charge in [-0.2, -0.15) is 0 Å². The first-order valence-electron chi connectivity index (χ1n) is 6.70. The molecule has 2 rings (SSSR count). The van der Waals surface area contributed by atoms with Crippen molar-refractivity contribution in [3.8, 4) is 0 Å². The molecule has 0 spiro atoms. The van der Waals surface area contributed by atoms with Crippen LogP contribution in [0.3, 0.4) is 0 Å². The van der Waals surface area contributed by atoms with Crippen LogP contribution in [-0.4, -0.2) is 38.2 Å². The minimum atomic E-state index is -3.27. The maximum Gasteiger partial charge on any atom is 0.155 e. The lowest BCUT2D eigenvalue weighted by atomic mass is 10.1. The van der Waals surface area contributed by atoms with Gasteiger partial charge >= 0.3 is 0 Å². The SMILES string of the molecule is CCOC[C@]1(N)[C@H](c2ccc(F)cc2)[C@@H]1S(=O)(=O)CC. The molecule has 0 aromatic heterocycles. The number of sulfone groups is 1. The summed E-state index contributed by atoms with van der Waals surface area (Å²) in [6.45, 7) is 4.11. The van der Waals surface area contributed by atoms with Crippen LogP contribution in [0.25, 0.3) is 0 Å². The van der Waals surface area contributed by atoms with E-state index < -0.39 is 20.6 Å². The average molecular weight is 301 g/mol. The number of ether oxygens (including phenoxy) is 1. The number of hydrogen-bond acceptors (Lipinski definition) is 4. The summed E-state index contributed by atoms with van der Waals surface area (Å²) in [5.74, 6) is -0.642. The zero-order valence-electron chi connectivity index (χ0n) is 11.7. The van der Waals surface area contributed by atoms with Gasteiger partial charge in [0.05, 0.1) is 17.4 Å². The molecule has 112 valence electrons. The van der Waals surface area contributed by atoms with Gasteiger partial charge in [-0.15, -0.1) is 0 Å². The van der Waals surface area contributed by atoms with E-state index in [1.165, 1.54) is 12.1 Å². The van der Waals surface area contributed by atoms with Gasteiger partial charge in [-0.3, -0.25) is 0 Å². The van der Waals surface area contributed by atoms with Crippen LogP contribution in [0.4, 0.5) is 4.39 Å². The molecule has 1 aliphatic rings. The Labute approximate surface area is 119 Å². The van der Waals surface area contributed by atoms with Crippen molar-refractivity contribution < 1.29 is 17.5 Å². The van der Waals surface area contributed by atoms with Crippen molar-refractivity contribution in [2.75, 3.05) is 19.0 Å².